The molecule has 0 aliphatic heterocycles. The molecule has 7 nitrogen and oxygen atoms in total. The number of hydrogen-bond acceptors (Lipinski definition) is 4. The van der Waals surface area contributed by atoms with Gasteiger partial charge >= 0.3 is 0 Å². The Morgan fingerprint density at radius 3 is 2.20 bits per heavy atom. The standard InChI is InChI=1S/C29H32Cl2FN3O4S/c1-20(2)17-33-29(37)27(15-21-7-5-4-6-8-21)34(18-22-9-12-24(32)13-10-22)28(36)19-35(40(3,38)39)26-16-23(30)11-14-25(26)31/h4-14,16,20,27H,15,17-19H2,1-3H3,(H,33,37)/t27-/m1/s1. The zero-order valence-corrected chi connectivity index (χ0v) is 24.8. The Bertz CT molecular complexity index is 1420. The maximum atomic E-state index is 14.0. The van der Waals surface area contributed by atoms with Crippen molar-refractivity contribution in [3.05, 3.63) is 99.8 Å². The van der Waals surface area contributed by atoms with Crippen molar-refractivity contribution in [1.82, 2.24) is 10.2 Å². The molecular weight excluding hydrogens is 576 g/mol. The van der Waals surface area contributed by atoms with Crippen LogP contribution in [0.3, 0.4) is 0 Å². The number of rotatable bonds is 12. The molecule has 0 aliphatic carbocycles. The summed E-state index contributed by atoms with van der Waals surface area (Å²) in [4.78, 5) is 28.9. The summed E-state index contributed by atoms with van der Waals surface area (Å²) < 4.78 is 40.2. The SMILES string of the molecule is CC(C)CNC(=O)[C@@H](Cc1ccccc1)N(Cc1ccc(F)cc1)C(=O)CN(c1cc(Cl)ccc1Cl)S(C)(=O)=O. The smallest absolute Gasteiger partial charge is 0.244 e. The minimum absolute atomic E-state index is 0.0376. The minimum Gasteiger partial charge on any atom is -0.354 e. The predicted octanol–water partition coefficient (Wildman–Crippen LogP) is 5.31. The molecule has 1 atom stereocenters. The fraction of sp³-hybridized carbons (Fsp3) is 0.310. The van der Waals surface area contributed by atoms with Crippen LogP contribution in [-0.2, 0) is 32.6 Å². The van der Waals surface area contributed by atoms with Gasteiger partial charge in [-0.2, -0.15) is 0 Å². The molecule has 2 amide bonds. The molecule has 0 heterocycles. The van der Waals surface area contributed by atoms with Gasteiger partial charge in [-0.05, 0) is 47.4 Å². The largest absolute Gasteiger partial charge is 0.354 e. The highest BCUT2D eigenvalue weighted by Gasteiger charge is 2.33. The maximum Gasteiger partial charge on any atom is 0.244 e. The van der Waals surface area contributed by atoms with E-state index in [1.807, 2.05) is 44.2 Å². The van der Waals surface area contributed by atoms with Gasteiger partial charge in [0.1, 0.15) is 18.4 Å². The Balaban J connectivity index is 2.06. The molecule has 0 bridgehead atoms. The summed E-state index contributed by atoms with van der Waals surface area (Å²) in [6.07, 6.45) is 1.13. The molecule has 0 saturated heterocycles. The van der Waals surface area contributed by atoms with Crippen LogP contribution in [0.15, 0.2) is 72.8 Å². The van der Waals surface area contributed by atoms with Gasteiger partial charge in [-0.25, -0.2) is 12.8 Å². The Kier molecular flexibility index (Phi) is 11.0. The number of amides is 2. The molecule has 0 unspecified atom stereocenters. The van der Waals surface area contributed by atoms with E-state index in [0.717, 1.165) is 16.1 Å². The zero-order chi connectivity index (χ0) is 29.4. The zero-order valence-electron chi connectivity index (χ0n) is 22.5. The van der Waals surface area contributed by atoms with Crippen molar-refractivity contribution >= 4 is 50.7 Å². The molecule has 3 aromatic rings. The molecule has 0 aromatic heterocycles. The number of carbonyl (C=O) groups is 2. The van der Waals surface area contributed by atoms with Crippen molar-refractivity contribution in [1.29, 1.82) is 0 Å². The third-order valence-corrected chi connectivity index (χ3v) is 7.76. The lowest BCUT2D eigenvalue weighted by molar-refractivity contribution is -0.140. The van der Waals surface area contributed by atoms with E-state index in [-0.39, 0.29) is 40.5 Å². The highest BCUT2D eigenvalue weighted by molar-refractivity contribution is 7.92. The van der Waals surface area contributed by atoms with Crippen LogP contribution < -0.4 is 9.62 Å². The Labute approximate surface area is 244 Å². The van der Waals surface area contributed by atoms with Crippen molar-refractivity contribution in [2.45, 2.75) is 32.9 Å². The van der Waals surface area contributed by atoms with Gasteiger partial charge in [0.05, 0.1) is 17.0 Å². The molecule has 0 radical (unpaired) electrons. The second-order valence-corrected chi connectivity index (χ2v) is 12.6. The second kappa shape index (κ2) is 14.0. The molecule has 1 N–H and O–H groups in total. The van der Waals surface area contributed by atoms with Gasteiger partial charge < -0.3 is 10.2 Å². The Hall–Kier alpha value is -3.14. The topological polar surface area (TPSA) is 86.8 Å². The first-order valence-corrected chi connectivity index (χ1v) is 15.2. The summed E-state index contributed by atoms with van der Waals surface area (Å²) in [6.45, 7) is 3.59. The Morgan fingerprint density at radius 2 is 1.60 bits per heavy atom. The van der Waals surface area contributed by atoms with E-state index < -0.39 is 34.3 Å². The average molecular weight is 609 g/mol. The molecule has 0 saturated carbocycles. The van der Waals surface area contributed by atoms with Crippen LogP contribution in [0.2, 0.25) is 10.0 Å². The molecule has 0 aliphatic rings. The van der Waals surface area contributed by atoms with Gasteiger partial charge in [0.25, 0.3) is 0 Å². The third-order valence-electron chi connectivity index (χ3n) is 6.08. The van der Waals surface area contributed by atoms with E-state index in [1.54, 1.807) is 0 Å². The number of anilines is 1. The van der Waals surface area contributed by atoms with Crippen molar-refractivity contribution in [3.8, 4) is 0 Å². The van der Waals surface area contributed by atoms with Gasteiger partial charge in [-0.15, -0.1) is 0 Å². The number of nitrogens with one attached hydrogen (secondary N) is 1. The van der Waals surface area contributed by atoms with E-state index in [9.17, 15) is 22.4 Å². The lowest BCUT2D eigenvalue weighted by atomic mass is 10.0. The number of hydrogen-bond donors (Lipinski definition) is 1. The van der Waals surface area contributed by atoms with Gasteiger partial charge in [0, 0.05) is 24.5 Å². The fourth-order valence-electron chi connectivity index (χ4n) is 4.03. The quantitative estimate of drug-likeness (QED) is 0.302. The second-order valence-electron chi connectivity index (χ2n) is 9.86. The van der Waals surface area contributed by atoms with E-state index in [2.05, 4.69) is 5.32 Å². The summed E-state index contributed by atoms with van der Waals surface area (Å²) in [5.74, 6) is -1.32. The van der Waals surface area contributed by atoms with Gasteiger partial charge in [-0.1, -0.05) is 79.5 Å². The molecule has 40 heavy (non-hydrogen) atoms. The van der Waals surface area contributed by atoms with E-state index in [0.29, 0.717) is 12.1 Å². The molecule has 214 valence electrons. The van der Waals surface area contributed by atoms with Gasteiger partial charge in [0.15, 0.2) is 0 Å². The van der Waals surface area contributed by atoms with E-state index in [1.165, 1.54) is 47.4 Å². The summed E-state index contributed by atoms with van der Waals surface area (Å²) in [5, 5.41) is 3.22. The van der Waals surface area contributed by atoms with Crippen LogP contribution in [0.4, 0.5) is 10.1 Å². The molecule has 0 spiro atoms. The molecule has 11 heteroatoms. The van der Waals surface area contributed by atoms with Crippen LogP contribution in [0, 0.1) is 11.7 Å². The monoisotopic (exact) mass is 607 g/mol. The first kappa shape index (κ1) is 31.4. The summed E-state index contributed by atoms with van der Waals surface area (Å²) in [6, 6.07) is 18.1. The first-order valence-electron chi connectivity index (χ1n) is 12.6. The summed E-state index contributed by atoms with van der Waals surface area (Å²) in [7, 11) is -4.00. The van der Waals surface area contributed by atoms with Crippen molar-refractivity contribution in [2.24, 2.45) is 5.92 Å². The fourth-order valence-corrected chi connectivity index (χ4v) is 5.32. The van der Waals surface area contributed by atoms with Crippen LogP contribution in [-0.4, -0.2) is 50.5 Å². The third kappa shape index (κ3) is 8.94. The van der Waals surface area contributed by atoms with Crippen molar-refractivity contribution < 1.29 is 22.4 Å². The van der Waals surface area contributed by atoms with Crippen LogP contribution in [0.1, 0.15) is 25.0 Å². The molecular formula is C29H32Cl2FN3O4S. The Morgan fingerprint density at radius 1 is 0.950 bits per heavy atom. The molecule has 3 rings (SSSR count). The molecule has 0 fully saturated rings. The number of benzene rings is 3. The predicted molar refractivity (Wildman–Crippen MR) is 157 cm³/mol. The average Bonchev–Trinajstić information content (AvgIpc) is 2.90. The normalized spacial score (nSPS) is 12.2. The van der Waals surface area contributed by atoms with E-state index >= 15 is 0 Å². The van der Waals surface area contributed by atoms with Crippen LogP contribution in [0.25, 0.3) is 0 Å². The number of sulfonamides is 1. The minimum atomic E-state index is -4.00. The lowest BCUT2D eigenvalue weighted by Crippen LogP contribution is -2.53. The van der Waals surface area contributed by atoms with Gasteiger partial charge in [0.2, 0.25) is 21.8 Å². The summed E-state index contributed by atoms with van der Waals surface area (Å²) >= 11 is 12.4. The van der Waals surface area contributed by atoms with Crippen LogP contribution >= 0.6 is 23.2 Å². The van der Waals surface area contributed by atoms with Crippen molar-refractivity contribution in [2.75, 3.05) is 23.7 Å². The maximum absolute atomic E-state index is 14.0. The lowest BCUT2D eigenvalue weighted by Gasteiger charge is -2.33. The molecule has 3 aromatic carbocycles. The number of nitrogens with zero attached hydrogens (tertiary/aromatic N) is 2. The highest BCUT2D eigenvalue weighted by Crippen LogP contribution is 2.31. The van der Waals surface area contributed by atoms with E-state index in [4.69, 9.17) is 23.2 Å². The number of halogens is 3. The number of carbonyl (C=O) groups excluding carboxylic acids is 2. The van der Waals surface area contributed by atoms with Crippen molar-refractivity contribution in [3.63, 3.8) is 0 Å². The summed E-state index contributed by atoms with van der Waals surface area (Å²) in [5.41, 5.74) is 1.41. The highest BCUT2D eigenvalue weighted by atomic mass is 35.5. The first-order chi connectivity index (χ1) is 18.8. The van der Waals surface area contributed by atoms with Gasteiger partial charge in [-0.3, -0.25) is 13.9 Å². The van der Waals surface area contributed by atoms with Crippen LogP contribution in [0.5, 0.6) is 0 Å².